The molecule has 0 aliphatic carbocycles. The van der Waals surface area contributed by atoms with Crippen molar-refractivity contribution in [1.82, 2.24) is 0 Å². The molecule has 1 heterocycles. The van der Waals surface area contributed by atoms with E-state index in [1.165, 1.54) is 0 Å². The molecule has 0 amide bonds. The molecule has 0 aliphatic rings. The fraction of sp³-hybridized carbons (Fsp3) is 0.100. The predicted molar refractivity (Wildman–Crippen MR) is 89.4 cm³/mol. The minimum Gasteiger partial charge on any atom is -0.496 e. The third kappa shape index (κ3) is 3.46. The van der Waals surface area contributed by atoms with Gasteiger partial charge in [-0.1, -0.05) is 42.5 Å². The fourth-order valence-electron chi connectivity index (χ4n) is 2.55. The molecule has 2 aromatic carbocycles. The molecular formula is C20H18NO2+. The number of methoxy groups -OCH3 is 1. The van der Waals surface area contributed by atoms with Crippen molar-refractivity contribution in [3.05, 3.63) is 84.7 Å². The van der Waals surface area contributed by atoms with E-state index in [9.17, 15) is 4.79 Å². The molecule has 0 fully saturated rings. The van der Waals surface area contributed by atoms with Crippen molar-refractivity contribution < 1.29 is 14.1 Å². The van der Waals surface area contributed by atoms with Crippen molar-refractivity contribution in [3.63, 3.8) is 0 Å². The van der Waals surface area contributed by atoms with E-state index < -0.39 is 0 Å². The molecule has 0 atom stereocenters. The number of hydrogen-bond donors (Lipinski definition) is 0. The van der Waals surface area contributed by atoms with E-state index in [1.807, 2.05) is 59.4 Å². The summed E-state index contributed by atoms with van der Waals surface area (Å²) in [6, 6.07) is 21.4. The molecule has 0 saturated carbocycles. The van der Waals surface area contributed by atoms with Crippen molar-refractivity contribution in [2.24, 2.45) is 0 Å². The highest BCUT2D eigenvalue weighted by Crippen LogP contribution is 2.18. The van der Waals surface area contributed by atoms with Crippen LogP contribution in [0, 0.1) is 0 Å². The van der Waals surface area contributed by atoms with Crippen LogP contribution in [0.3, 0.4) is 0 Å². The Balaban J connectivity index is 1.85. The van der Waals surface area contributed by atoms with Gasteiger partial charge in [-0.3, -0.25) is 4.79 Å². The quantitative estimate of drug-likeness (QED) is 0.533. The average molecular weight is 304 g/mol. The summed E-state index contributed by atoms with van der Waals surface area (Å²) in [6.07, 6.45) is 3.89. The summed E-state index contributed by atoms with van der Waals surface area (Å²) in [5.74, 6) is 0.634. The van der Waals surface area contributed by atoms with Crippen LogP contribution in [0.4, 0.5) is 0 Å². The van der Waals surface area contributed by atoms with Gasteiger partial charge in [-0.2, -0.15) is 4.57 Å². The predicted octanol–water partition coefficient (Wildman–Crippen LogP) is 3.53. The number of carbonyl (C=O) groups excluding carboxylic acids is 1. The molecule has 23 heavy (non-hydrogen) atoms. The molecule has 0 radical (unpaired) electrons. The van der Waals surface area contributed by atoms with Crippen molar-refractivity contribution in [2.45, 2.75) is 6.54 Å². The molecule has 0 aliphatic heterocycles. The number of Topliss-reactive ketones (excluding diaryl/α,β-unsaturated/α-hetero) is 1. The van der Waals surface area contributed by atoms with Gasteiger partial charge in [-0.15, -0.1) is 0 Å². The molecule has 3 aromatic rings. The van der Waals surface area contributed by atoms with Crippen LogP contribution in [-0.2, 0) is 6.54 Å². The van der Waals surface area contributed by atoms with Gasteiger partial charge in [0, 0.05) is 11.6 Å². The third-order valence-corrected chi connectivity index (χ3v) is 3.70. The SMILES string of the molecule is COc1ccccc1C(=O)C[n+]1cccc(-c2ccccc2)c1. The van der Waals surface area contributed by atoms with Crippen LogP contribution in [0.15, 0.2) is 79.1 Å². The zero-order valence-corrected chi connectivity index (χ0v) is 13.0. The first-order valence-corrected chi connectivity index (χ1v) is 7.48. The maximum absolute atomic E-state index is 12.5. The van der Waals surface area contributed by atoms with Crippen molar-refractivity contribution in [1.29, 1.82) is 0 Å². The monoisotopic (exact) mass is 304 g/mol. The van der Waals surface area contributed by atoms with Gasteiger partial charge in [-0.05, 0) is 23.8 Å². The lowest BCUT2D eigenvalue weighted by molar-refractivity contribution is -0.682. The first-order valence-electron chi connectivity index (χ1n) is 7.48. The van der Waals surface area contributed by atoms with E-state index in [-0.39, 0.29) is 12.3 Å². The number of ether oxygens (including phenoxy) is 1. The van der Waals surface area contributed by atoms with Gasteiger partial charge in [0.25, 0.3) is 0 Å². The standard InChI is InChI=1S/C20H18NO2/c1-23-20-12-6-5-11-18(20)19(22)15-21-13-7-10-17(14-21)16-8-3-2-4-9-16/h2-14H,15H2,1H3/q+1. The molecule has 114 valence electrons. The second-order valence-electron chi connectivity index (χ2n) is 5.25. The lowest BCUT2D eigenvalue weighted by atomic mass is 10.1. The number of ketones is 1. The summed E-state index contributed by atoms with van der Waals surface area (Å²) in [7, 11) is 1.58. The van der Waals surface area contributed by atoms with E-state index in [0.717, 1.165) is 11.1 Å². The topological polar surface area (TPSA) is 30.2 Å². The Morgan fingerprint density at radius 1 is 0.913 bits per heavy atom. The van der Waals surface area contributed by atoms with Crippen LogP contribution in [-0.4, -0.2) is 12.9 Å². The number of benzene rings is 2. The molecule has 0 spiro atoms. The number of para-hydroxylation sites is 1. The van der Waals surface area contributed by atoms with Crippen molar-refractivity contribution in [3.8, 4) is 16.9 Å². The minimum atomic E-state index is 0.0256. The van der Waals surface area contributed by atoms with Gasteiger partial charge in [0.2, 0.25) is 12.3 Å². The Labute approximate surface area is 135 Å². The summed E-state index contributed by atoms with van der Waals surface area (Å²) in [5, 5.41) is 0. The van der Waals surface area contributed by atoms with Crippen LogP contribution in [0.5, 0.6) is 5.75 Å². The highest BCUT2D eigenvalue weighted by atomic mass is 16.5. The summed E-state index contributed by atoms with van der Waals surface area (Å²) in [4.78, 5) is 12.5. The van der Waals surface area contributed by atoms with Crippen LogP contribution in [0.1, 0.15) is 10.4 Å². The Morgan fingerprint density at radius 3 is 2.39 bits per heavy atom. The molecule has 0 unspecified atom stereocenters. The number of carbonyl (C=O) groups is 1. The van der Waals surface area contributed by atoms with Crippen molar-refractivity contribution >= 4 is 5.78 Å². The van der Waals surface area contributed by atoms with Crippen molar-refractivity contribution in [2.75, 3.05) is 7.11 Å². The largest absolute Gasteiger partial charge is 0.496 e. The summed E-state index contributed by atoms with van der Waals surface area (Å²) >= 11 is 0. The molecule has 3 nitrogen and oxygen atoms in total. The number of rotatable bonds is 5. The average Bonchev–Trinajstić information content (AvgIpc) is 2.62. The highest BCUT2D eigenvalue weighted by Gasteiger charge is 2.16. The number of hydrogen-bond acceptors (Lipinski definition) is 2. The Hall–Kier alpha value is -2.94. The number of aromatic nitrogens is 1. The molecule has 3 rings (SSSR count). The summed E-state index contributed by atoms with van der Waals surface area (Å²) < 4.78 is 7.17. The fourth-order valence-corrected chi connectivity index (χ4v) is 2.55. The smallest absolute Gasteiger partial charge is 0.231 e. The van der Waals surface area contributed by atoms with E-state index in [4.69, 9.17) is 4.74 Å². The van der Waals surface area contributed by atoms with Crippen LogP contribution < -0.4 is 9.30 Å². The lowest BCUT2D eigenvalue weighted by Crippen LogP contribution is -2.37. The van der Waals surface area contributed by atoms with Gasteiger partial charge in [0.05, 0.1) is 12.7 Å². The Kier molecular flexibility index (Phi) is 4.48. The van der Waals surface area contributed by atoms with Gasteiger partial charge >= 0.3 is 0 Å². The van der Waals surface area contributed by atoms with E-state index in [1.54, 1.807) is 19.2 Å². The lowest BCUT2D eigenvalue weighted by Gasteiger charge is -2.06. The normalized spacial score (nSPS) is 10.3. The van der Waals surface area contributed by atoms with E-state index >= 15 is 0 Å². The second kappa shape index (κ2) is 6.88. The number of pyridine rings is 1. The first kappa shape index (κ1) is 15.0. The Bertz CT molecular complexity index is 813. The minimum absolute atomic E-state index is 0.0256. The molecule has 0 N–H and O–H groups in total. The van der Waals surface area contributed by atoms with Crippen LogP contribution in [0.2, 0.25) is 0 Å². The van der Waals surface area contributed by atoms with Crippen LogP contribution in [0.25, 0.3) is 11.1 Å². The van der Waals surface area contributed by atoms with Gasteiger partial charge in [-0.25, -0.2) is 0 Å². The van der Waals surface area contributed by atoms with Crippen LogP contribution >= 0.6 is 0 Å². The van der Waals surface area contributed by atoms with Gasteiger partial charge in [0.1, 0.15) is 5.75 Å². The maximum Gasteiger partial charge on any atom is 0.231 e. The first-order chi connectivity index (χ1) is 11.3. The molecule has 1 aromatic heterocycles. The van der Waals surface area contributed by atoms with Gasteiger partial charge in [0.15, 0.2) is 12.4 Å². The molecule has 3 heteroatoms. The van der Waals surface area contributed by atoms with E-state index in [2.05, 4.69) is 12.1 Å². The summed E-state index contributed by atoms with van der Waals surface area (Å²) in [5.41, 5.74) is 2.82. The highest BCUT2D eigenvalue weighted by molar-refractivity contribution is 5.97. The Morgan fingerprint density at radius 2 is 1.61 bits per heavy atom. The maximum atomic E-state index is 12.5. The third-order valence-electron chi connectivity index (χ3n) is 3.70. The zero-order chi connectivity index (χ0) is 16.1. The molecule has 0 saturated heterocycles. The number of nitrogens with zero attached hydrogens (tertiary/aromatic N) is 1. The molecular weight excluding hydrogens is 286 g/mol. The van der Waals surface area contributed by atoms with E-state index in [0.29, 0.717) is 11.3 Å². The van der Waals surface area contributed by atoms with Gasteiger partial charge < -0.3 is 4.74 Å². The zero-order valence-electron chi connectivity index (χ0n) is 13.0. The second-order valence-corrected chi connectivity index (χ2v) is 5.25. The summed E-state index contributed by atoms with van der Waals surface area (Å²) in [6.45, 7) is 0.279. The molecule has 0 bridgehead atoms.